The number of nitrogens with one attached hydrogen (secondary N) is 1. The Morgan fingerprint density at radius 1 is 1.29 bits per heavy atom. The molecule has 0 unspecified atom stereocenters. The molecule has 0 atom stereocenters. The summed E-state index contributed by atoms with van der Waals surface area (Å²) in [6, 6.07) is 7.86. The molecule has 2 rings (SSSR count). The SMILES string of the molecule is CCOC(=O)N1CCC(NC(=O)CCCc2ccccc2Cl)CC1. The van der Waals surface area contributed by atoms with Crippen molar-refractivity contribution < 1.29 is 14.3 Å². The molecular formula is C18H25ClN2O3. The van der Waals surface area contributed by atoms with Gasteiger partial charge in [-0.05, 0) is 44.2 Å². The summed E-state index contributed by atoms with van der Waals surface area (Å²) in [5.41, 5.74) is 1.08. The normalized spacial score (nSPS) is 15.2. The highest BCUT2D eigenvalue weighted by atomic mass is 35.5. The van der Waals surface area contributed by atoms with Gasteiger partial charge in [0, 0.05) is 30.6 Å². The molecule has 1 fully saturated rings. The number of likely N-dealkylation sites (tertiary alicyclic amines) is 1. The van der Waals surface area contributed by atoms with Crippen LogP contribution >= 0.6 is 11.6 Å². The molecule has 1 saturated heterocycles. The van der Waals surface area contributed by atoms with Gasteiger partial charge in [0.2, 0.25) is 5.91 Å². The average molecular weight is 353 g/mol. The molecule has 24 heavy (non-hydrogen) atoms. The van der Waals surface area contributed by atoms with Gasteiger partial charge in [-0.1, -0.05) is 29.8 Å². The Hall–Kier alpha value is -1.75. The lowest BCUT2D eigenvalue weighted by molar-refractivity contribution is -0.122. The van der Waals surface area contributed by atoms with E-state index in [-0.39, 0.29) is 18.0 Å². The van der Waals surface area contributed by atoms with E-state index in [1.807, 2.05) is 24.3 Å². The first-order chi connectivity index (χ1) is 11.6. The fourth-order valence-corrected chi connectivity index (χ4v) is 3.09. The third-order valence-electron chi connectivity index (χ3n) is 4.19. The number of carbonyl (C=O) groups excluding carboxylic acids is 2. The van der Waals surface area contributed by atoms with Crippen LogP contribution < -0.4 is 5.32 Å². The number of rotatable bonds is 6. The van der Waals surface area contributed by atoms with Crippen molar-refractivity contribution in [2.45, 2.75) is 45.1 Å². The Morgan fingerprint density at radius 2 is 2.00 bits per heavy atom. The second-order valence-electron chi connectivity index (χ2n) is 5.97. The third-order valence-corrected chi connectivity index (χ3v) is 4.56. The number of piperidine rings is 1. The smallest absolute Gasteiger partial charge is 0.409 e. The van der Waals surface area contributed by atoms with Crippen molar-refractivity contribution >= 4 is 23.6 Å². The van der Waals surface area contributed by atoms with E-state index in [1.165, 1.54) is 0 Å². The van der Waals surface area contributed by atoms with Crippen molar-refractivity contribution in [3.63, 3.8) is 0 Å². The van der Waals surface area contributed by atoms with E-state index in [0.29, 0.717) is 26.1 Å². The largest absolute Gasteiger partial charge is 0.450 e. The summed E-state index contributed by atoms with van der Waals surface area (Å²) in [6.45, 7) is 3.45. The molecule has 0 radical (unpaired) electrons. The minimum atomic E-state index is -0.262. The summed E-state index contributed by atoms with van der Waals surface area (Å²) in [6.07, 6.45) is 3.35. The second-order valence-corrected chi connectivity index (χ2v) is 6.38. The summed E-state index contributed by atoms with van der Waals surface area (Å²) in [4.78, 5) is 25.4. The number of halogens is 1. The molecule has 5 nitrogen and oxygen atoms in total. The fraction of sp³-hybridized carbons (Fsp3) is 0.556. The number of carbonyl (C=O) groups is 2. The van der Waals surface area contributed by atoms with Gasteiger partial charge in [0.1, 0.15) is 0 Å². The highest BCUT2D eigenvalue weighted by Gasteiger charge is 2.24. The van der Waals surface area contributed by atoms with Gasteiger partial charge in [0.05, 0.1) is 6.61 Å². The highest BCUT2D eigenvalue weighted by molar-refractivity contribution is 6.31. The van der Waals surface area contributed by atoms with Crippen LogP contribution in [0.25, 0.3) is 0 Å². The summed E-state index contributed by atoms with van der Waals surface area (Å²) in [7, 11) is 0. The maximum absolute atomic E-state index is 12.1. The molecule has 132 valence electrons. The number of aryl methyl sites for hydroxylation is 1. The first-order valence-electron chi connectivity index (χ1n) is 8.54. The van der Waals surface area contributed by atoms with Crippen LogP contribution in [-0.4, -0.2) is 42.6 Å². The third kappa shape index (κ3) is 5.71. The predicted octanol–water partition coefficient (Wildman–Crippen LogP) is 3.40. The van der Waals surface area contributed by atoms with Gasteiger partial charge in [-0.3, -0.25) is 4.79 Å². The molecule has 0 aromatic heterocycles. The fourth-order valence-electron chi connectivity index (χ4n) is 2.86. The van der Waals surface area contributed by atoms with Gasteiger partial charge in [0.15, 0.2) is 0 Å². The zero-order valence-corrected chi connectivity index (χ0v) is 14.8. The standard InChI is InChI=1S/C18H25ClN2O3/c1-2-24-18(23)21-12-10-15(11-13-21)20-17(22)9-5-7-14-6-3-4-8-16(14)19/h3-4,6,8,15H,2,5,7,9-13H2,1H3,(H,20,22). The molecule has 2 amide bonds. The molecule has 1 heterocycles. The van der Waals surface area contributed by atoms with Crippen molar-refractivity contribution in [2.75, 3.05) is 19.7 Å². The van der Waals surface area contributed by atoms with Crippen LogP contribution in [-0.2, 0) is 16.0 Å². The molecule has 0 saturated carbocycles. The van der Waals surface area contributed by atoms with Gasteiger partial charge < -0.3 is 15.0 Å². The molecule has 0 spiro atoms. The van der Waals surface area contributed by atoms with Crippen LogP contribution in [0.15, 0.2) is 24.3 Å². The van der Waals surface area contributed by atoms with Gasteiger partial charge in [0.25, 0.3) is 0 Å². The Kier molecular flexibility index (Phi) is 7.37. The predicted molar refractivity (Wildman–Crippen MR) is 94.1 cm³/mol. The Balaban J connectivity index is 1.65. The van der Waals surface area contributed by atoms with Crippen LogP contribution in [0.1, 0.15) is 38.2 Å². The summed E-state index contributed by atoms with van der Waals surface area (Å²) >= 11 is 6.11. The second kappa shape index (κ2) is 9.52. The van der Waals surface area contributed by atoms with Crippen LogP contribution in [0.2, 0.25) is 5.02 Å². The Morgan fingerprint density at radius 3 is 2.67 bits per heavy atom. The van der Waals surface area contributed by atoms with Gasteiger partial charge in [-0.25, -0.2) is 4.79 Å². The maximum atomic E-state index is 12.1. The van der Waals surface area contributed by atoms with Crippen molar-refractivity contribution in [1.82, 2.24) is 10.2 Å². The van der Waals surface area contributed by atoms with Gasteiger partial charge >= 0.3 is 6.09 Å². The Bertz CT molecular complexity index is 557. The molecule has 0 bridgehead atoms. The molecule has 1 aliphatic rings. The molecule has 1 aromatic carbocycles. The lowest BCUT2D eigenvalue weighted by atomic mass is 10.0. The van der Waals surface area contributed by atoms with Crippen LogP contribution in [0.5, 0.6) is 0 Å². The van der Waals surface area contributed by atoms with Crippen LogP contribution in [0.4, 0.5) is 4.79 Å². The number of amides is 2. The minimum Gasteiger partial charge on any atom is -0.450 e. The molecule has 0 aliphatic carbocycles. The molecule has 1 aliphatic heterocycles. The topological polar surface area (TPSA) is 58.6 Å². The van der Waals surface area contributed by atoms with Crippen molar-refractivity contribution in [2.24, 2.45) is 0 Å². The van der Waals surface area contributed by atoms with Crippen molar-refractivity contribution in [3.8, 4) is 0 Å². The number of benzene rings is 1. The van der Waals surface area contributed by atoms with E-state index >= 15 is 0 Å². The lowest BCUT2D eigenvalue weighted by Gasteiger charge is -2.31. The summed E-state index contributed by atoms with van der Waals surface area (Å²) in [5, 5.41) is 3.81. The monoisotopic (exact) mass is 352 g/mol. The zero-order chi connectivity index (χ0) is 17.4. The molecule has 1 aromatic rings. The van der Waals surface area contributed by atoms with Crippen LogP contribution in [0.3, 0.4) is 0 Å². The molecule has 1 N–H and O–H groups in total. The van der Waals surface area contributed by atoms with E-state index in [2.05, 4.69) is 5.32 Å². The van der Waals surface area contributed by atoms with Crippen molar-refractivity contribution in [3.05, 3.63) is 34.9 Å². The zero-order valence-electron chi connectivity index (χ0n) is 14.1. The van der Waals surface area contributed by atoms with E-state index in [4.69, 9.17) is 16.3 Å². The number of nitrogens with zero attached hydrogens (tertiary/aromatic N) is 1. The van der Waals surface area contributed by atoms with Crippen LogP contribution in [0, 0.1) is 0 Å². The quantitative estimate of drug-likeness (QED) is 0.853. The number of ether oxygens (including phenoxy) is 1. The van der Waals surface area contributed by atoms with E-state index in [9.17, 15) is 9.59 Å². The number of hydrogen-bond donors (Lipinski definition) is 1. The highest BCUT2D eigenvalue weighted by Crippen LogP contribution is 2.17. The number of hydrogen-bond acceptors (Lipinski definition) is 3. The molecular weight excluding hydrogens is 328 g/mol. The first kappa shape index (κ1) is 18.6. The first-order valence-corrected chi connectivity index (χ1v) is 8.92. The summed E-state index contributed by atoms with van der Waals surface area (Å²) < 4.78 is 4.99. The van der Waals surface area contributed by atoms with Crippen molar-refractivity contribution in [1.29, 1.82) is 0 Å². The lowest BCUT2D eigenvalue weighted by Crippen LogP contribution is -2.46. The van der Waals surface area contributed by atoms with Gasteiger partial charge in [-0.15, -0.1) is 0 Å². The average Bonchev–Trinajstić information content (AvgIpc) is 2.57. The Labute approximate surface area is 148 Å². The summed E-state index contributed by atoms with van der Waals surface area (Å²) in [5.74, 6) is 0.0663. The van der Waals surface area contributed by atoms with E-state index in [0.717, 1.165) is 36.3 Å². The van der Waals surface area contributed by atoms with Gasteiger partial charge in [-0.2, -0.15) is 0 Å². The maximum Gasteiger partial charge on any atom is 0.409 e. The molecule has 6 heteroatoms. The van der Waals surface area contributed by atoms with E-state index < -0.39 is 0 Å². The minimum absolute atomic E-state index is 0.0663. The van der Waals surface area contributed by atoms with E-state index in [1.54, 1.807) is 11.8 Å².